The quantitative estimate of drug-likeness (QED) is 0.304. The summed E-state index contributed by atoms with van der Waals surface area (Å²) in [6, 6.07) is 0. The highest BCUT2D eigenvalue weighted by Gasteiger charge is 1.97. The molecule has 0 aliphatic carbocycles. The Kier molecular flexibility index (Phi) is 16.0. The maximum Gasteiger partial charge on any atom is 0.0612 e. The second kappa shape index (κ2) is 16.5. The summed E-state index contributed by atoms with van der Waals surface area (Å²) in [5.74, 6) is 0.766. The third-order valence-corrected chi connectivity index (χ3v) is 3.75. The minimum atomic E-state index is 0.187. The summed E-state index contributed by atoms with van der Waals surface area (Å²) in [5.41, 5.74) is 0. The summed E-state index contributed by atoms with van der Waals surface area (Å²) >= 11 is 0. The first-order valence-electron chi connectivity index (χ1n) is 8.73. The van der Waals surface area contributed by atoms with Crippen LogP contribution in [0.25, 0.3) is 0 Å². The summed E-state index contributed by atoms with van der Waals surface area (Å²) in [4.78, 5) is 0. The van der Waals surface area contributed by atoms with E-state index >= 15 is 0 Å². The number of aliphatic hydroxyl groups excluding tert-OH is 1. The molecule has 0 spiro atoms. The van der Waals surface area contributed by atoms with E-state index in [0.717, 1.165) is 12.3 Å². The van der Waals surface area contributed by atoms with Crippen LogP contribution in [-0.4, -0.2) is 11.7 Å². The van der Waals surface area contributed by atoms with Crippen molar-refractivity contribution in [3.63, 3.8) is 0 Å². The SMILES string of the molecule is CC/C=C\C(C)CCCCCCCCCC/C=C/CO. The standard InChI is InChI=1S/C19H36O/c1-3-4-16-19(2)17-14-12-10-8-6-5-7-9-11-13-15-18-20/h4,13,15-16,19-20H,3,5-12,14,17-18H2,1-2H3/b15-13+,16-4-. The molecule has 0 saturated heterocycles. The van der Waals surface area contributed by atoms with Crippen LogP contribution >= 0.6 is 0 Å². The number of hydrogen-bond donors (Lipinski definition) is 1. The van der Waals surface area contributed by atoms with Crippen LogP contribution in [0.4, 0.5) is 0 Å². The lowest BCUT2D eigenvalue weighted by molar-refractivity contribution is 0.342. The largest absolute Gasteiger partial charge is 0.392 e. The number of unbranched alkanes of at least 4 members (excludes halogenated alkanes) is 8. The van der Waals surface area contributed by atoms with E-state index in [0.29, 0.717) is 0 Å². The molecule has 0 fully saturated rings. The molecule has 0 rings (SSSR count). The van der Waals surface area contributed by atoms with Crippen LogP contribution in [0.3, 0.4) is 0 Å². The van der Waals surface area contributed by atoms with Crippen LogP contribution in [0.15, 0.2) is 24.3 Å². The Morgan fingerprint density at radius 3 is 2.00 bits per heavy atom. The van der Waals surface area contributed by atoms with Gasteiger partial charge in [0.1, 0.15) is 0 Å². The number of hydrogen-bond acceptors (Lipinski definition) is 1. The molecule has 1 unspecified atom stereocenters. The molecule has 0 aromatic heterocycles. The lowest BCUT2D eigenvalue weighted by atomic mass is 10.0. The topological polar surface area (TPSA) is 20.2 Å². The van der Waals surface area contributed by atoms with Gasteiger partial charge in [0, 0.05) is 0 Å². The van der Waals surface area contributed by atoms with Crippen LogP contribution in [-0.2, 0) is 0 Å². The summed E-state index contributed by atoms with van der Waals surface area (Å²) < 4.78 is 0. The van der Waals surface area contributed by atoms with E-state index in [2.05, 4.69) is 32.1 Å². The van der Waals surface area contributed by atoms with Crippen LogP contribution in [0.5, 0.6) is 0 Å². The molecule has 0 bridgehead atoms. The Hall–Kier alpha value is -0.560. The lowest BCUT2D eigenvalue weighted by Crippen LogP contribution is -1.90. The van der Waals surface area contributed by atoms with Crippen LogP contribution in [0.1, 0.15) is 84.5 Å². The van der Waals surface area contributed by atoms with Gasteiger partial charge in [-0.25, -0.2) is 0 Å². The van der Waals surface area contributed by atoms with E-state index in [9.17, 15) is 0 Å². The van der Waals surface area contributed by atoms with Gasteiger partial charge in [-0.3, -0.25) is 0 Å². The fourth-order valence-corrected chi connectivity index (χ4v) is 2.45. The van der Waals surface area contributed by atoms with Gasteiger partial charge in [-0.05, 0) is 31.6 Å². The van der Waals surface area contributed by atoms with Crippen molar-refractivity contribution in [2.75, 3.05) is 6.61 Å². The molecule has 0 heterocycles. The summed E-state index contributed by atoms with van der Waals surface area (Å²) in [6.07, 6.45) is 23.3. The summed E-state index contributed by atoms with van der Waals surface area (Å²) in [6.45, 7) is 4.72. The number of rotatable bonds is 14. The second-order valence-corrected chi connectivity index (χ2v) is 5.87. The average molecular weight is 280 g/mol. The molecule has 1 heteroatoms. The predicted molar refractivity (Wildman–Crippen MR) is 91.0 cm³/mol. The van der Waals surface area contributed by atoms with Gasteiger partial charge in [0.25, 0.3) is 0 Å². The number of aliphatic hydroxyl groups is 1. The Morgan fingerprint density at radius 2 is 1.40 bits per heavy atom. The van der Waals surface area contributed by atoms with Crippen molar-refractivity contribution < 1.29 is 5.11 Å². The van der Waals surface area contributed by atoms with Gasteiger partial charge in [-0.15, -0.1) is 0 Å². The zero-order valence-corrected chi connectivity index (χ0v) is 13.8. The van der Waals surface area contributed by atoms with Crippen molar-refractivity contribution in [3.8, 4) is 0 Å². The molecule has 0 aliphatic heterocycles. The first-order chi connectivity index (χ1) is 9.81. The van der Waals surface area contributed by atoms with E-state index in [1.165, 1.54) is 64.2 Å². The van der Waals surface area contributed by atoms with Crippen molar-refractivity contribution in [1.29, 1.82) is 0 Å². The van der Waals surface area contributed by atoms with Gasteiger partial charge in [-0.2, -0.15) is 0 Å². The fraction of sp³-hybridized carbons (Fsp3) is 0.789. The predicted octanol–water partition coefficient (Wildman–Crippen LogP) is 6.04. The third-order valence-electron chi connectivity index (χ3n) is 3.75. The first kappa shape index (κ1) is 19.4. The monoisotopic (exact) mass is 280 g/mol. The van der Waals surface area contributed by atoms with Gasteiger partial charge >= 0.3 is 0 Å². The minimum absolute atomic E-state index is 0.187. The molecule has 0 amide bonds. The summed E-state index contributed by atoms with van der Waals surface area (Å²) in [5, 5.41) is 8.60. The van der Waals surface area contributed by atoms with E-state index in [-0.39, 0.29) is 6.61 Å². The third kappa shape index (κ3) is 15.5. The van der Waals surface area contributed by atoms with E-state index in [4.69, 9.17) is 5.11 Å². The zero-order chi connectivity index (χ0) is 14.9. The molecule has 20 heavy (non-hydrogen) atoms. The van der Waals surface area contributed by atoms with Crippen LogP contribution in [0, 0.1) is 5.92 Å². The van der Waals surface area contributed by atoms with Gasteiger partial charge in [0.2, 0.25) is 0 Å². The Balaban J connectivity index is 3.13. The molecule has 0 saturated carbocycles. The van der Waals surface area contributed by atoms with Crippen molar-refractivity contribution >= 4 is 0 Å². The summed E-state index contributed by atoms with van der Waals surface area (Å²) in [7, 11) is 0. The van der Waals surface area contributed by atoms with Crippen molar-refractivity contribution in [2.24, 2.45) is 5.92 Å². The van der Waals surface area contributed by atoms with Gasteiger partial charge in [0.05, 0.1) is 6.61 Å². The zero-order valence-electron chi connectivity index (χ0n) is 13.8. The van der Waals surface area contributed by atoms with E-state index in [1.54, 1.807) is 0 Å². The Morgan fingerprint density at radius 1 is 0.800 bits per heavy atom. The van der Waals surface area contributed by atoms with Gasteiger partial charge in [0.15, 0.2) is 0 Å². The highest BCUT2D eigenvalue weighted by atomic mass is 16.2. The molecule has 1 nitrogen and oxygen atoms in total. The molecule has 0 radical (unpaired) electrons. The molecule has 0 aliphatic rings. The maximum absolute atomic E-state index is 8.60. The van der Waals surface area contributed by atoms with Crippen LogP contribution in [0.2, 0.25) is 0 Å². The van der Waals surface area contributed by atoms with Crippen molar-refractivity contribution in [1.82, 2.24) is 0 Å². The molecular formula is C19H36O. The first-order valence-corrected chi connectivity index (χ1v) is 8.73. The molecule has 1 N–H and O–H groups in total. The second-order valence-electron chi connectivity index (χ2n) is 5.87. The molecule has 118 valence electrons. The normalized spacial score (nSPS) is 13.6. The van der Waals surface area contributed by atoms with Crippen LogP contribution < -0.4 is 0 Å². The highest BCUT2D eigenvalue weighted by molar-refractivity contribution is 4.85. The van der Waals surface area contributed by atoms with Gasteiger partial charge < -0.3 is 5.11 Å². The smallest absolute Gasteiger partial charge is 0.0612 e. The molecule has 1 atom stereocenters. The maximum atomic E-state index is 8.60. The average Bonchev–Trinajstić information content (AvgIpc) is 2.46. The highest BCUT2D eigenvalue weighted by Crippen LogP contribution is 2.14. The fourth-order valence-electron chi connectivity index (χ4n) is 2.45. The molecule has 0 aromatic carbocycles. The molecule has 0 aromatic rings. The Bertz CT molecular complexity index is 230. The number of allylic oxidation sites excluding steroid dienone is 3. The van der Waals surface area contributed by atoms with Crippen molar-refractivity contribution in [2.45, 2.75) is 84.5 Å². The lowest BCUT2D eigenvalue weighted by Gasteiger charge is -2.06. The van der Waals surface area contributed by atoms with Gasteiger partial charge in [-0.1, -0.05) is 83.1 Å². The van der Waals surface area contributed by atoms with Crippen molar-refractivity contribution in [3.05, 3.63) is 24.3 Å². The minimum Gasteiger partial charge on any atom is -0.392 e. The van der Waals surface area contributed by atoms with E-state index in [1.807, 2.05) is 6.08 Å². The van der Waals surface area contributed by atoms with E-state index < -0.39 is 0 Å². The Labute approximate surface area is 127 Å². The molecular weight excluding hydrogens is 244 g/mol.